The number of amides is 2. The lowest BCUT2D eigenvalue weighted by Crippen LogP contribution is -2.34. The highest BCUT2D eigenvalue weighted by Gasteiger charge is 2.28. The van der Waals surface area contributed by atoms with Crippen LogP contribution >= 0.6 is 0 Å². The topological polar surface area (TPSA) is 70.2 Å². The van der Waals surface area contributed by atoms with Gasteiger partial charge in [0.1, 0.15) is 6.04 Å². The molecule has 0 aliphatic heterocycles. The molecule has 0 radical (unpaired) electrons. The molecule has 0 heterocycles. The van der Waals surface area contributed by atoms with E-state index in [9.17, 15) is 9.59 Å². The summed E-state index contributed by atoms with van der Waals surface area (Å²) < 4.78 is 0. The molecule has 26 heavy (non-hydrogen) atoms. The van der Waals surface area contributed by atoms with Gasteiger partial charge in [0.15, 0.2) is 0 Å². The molecule has 1 fully saturated rings. The van der Waals surface area contributed by atoms with Gasteiger partial charge in [0.2, 0.25) is 11.8 Å². The Morgan fingerprint density at radius 3 is 2.08 bits per heavy atom. The van der Waals surface area contributed by atoms with Crippen LogP contribution in [0.2, 0.25) is 0 Å². The van der Waals surface area contributed by atoms with Crippen LogP contribution < -0.4 is 16.0 Å². The van der Waals surface area contributed by atoms with Gasteiger partial charge in [-0.2, -0.15) is 0 Å². The number of hydrogen-bond donors (Lipinski definition) is 3. The normalized spacial score (nSPS) is 14.6. The predicted molar refractivity (Wildman–Crippen MR) is 104 cm³/mol. The monoisotopic (exact) mass is 351 g/mol. The molecule has 5 nitrogen and oxygen atoms in total. The summed E-state index contributed by atoms with van der Waals surface area (Å²) in [5, 5.41) is 9.24. The molecule has 3 rings (SSSR count). The summed E-state index contributed by atoms with van der Waals surface area (Å²) in [7, 11) is 0. The van der Waals surface area contributed by atoms with Crippen LogP contribution in [-0.4, -0.2) is 17.9 Å². The second-order valence-corrected chi connectivity index (χ2v) is 6.99. The Hall–Kier alpha value is -2.82. The van der Waals surface area contributed by atoms with Gasteiger partial charge >= 0.3 is 0 Å². The first-order valence-electron chi connectivity index (χ1n) is 9.05. The van der Waals surface area contributed by atoms with E-state index in [0.29, 0.717) is 6.04 Å². The van der Waals surface area contributed by atoms with Crippen LogP contribution in [0.3, 0.4) is 0 Å². The number of hydrogen-bond acceptors (Lipinski definition) is 3. The lowest BCUT2D eigenvalue weighted by Gasteiger charge is -2.20. The molecule has 1 aliphatic carbocycles. The molecule has 1 atom stereocenters. The van der Waals surface area contributed by atoms with Crippen molar-refractivity contribution >= 4 is 23.2 Å². The third-order valence-electron chi connectivity index (χ3n) is 4.31. The first kappa shape index (κ1) is 18.0. The quantitative estimate of drug-likeness (QED) is 0.712. The second kappa shape index (κ2) is 8.04. The maximum atomic E-state index is 12.7. The van der Waals surface area contributed by atoms with Crippen LogP contribution in [-0.2, 0) is 9.59 Å². The van der Waals surface area contributed by atoms with Gasteiger partial charge in [-0.3, -0.25) is 9.59 Å². The van der Waals surface area contributed by atoms with Gasteiger partial charge < -0.3 is 16.0 Å². The highest BCUT2D eigenvalue weighted by atomic mass is 16.2. The van der Waals surface area contributed by atoms with Crippen molar-refractivity contribution in [2.45, 2.75) is 38.8 Å². The molecule has 0 aromatic heterocycles. The number of nitrogens with one attached hydrogen (secondary N) is 3. The first-order chi connectivity index (χ1) is 12.5. The van der Waals surface area contributed by atoms with Gasteiger partial charge in [-0.15, -0.1) is 0 Å². The largest absolute Gasteiger partial charge is 0.370 e. The SMILES string of the molecule is CC(C)C(=O)Nc1ccc(NC(C(=O)NC2CC2)c2ccccc2)cc1. The smallest absolute Gasteiger partial charge is 0.247 e. The first-order valence-corrected chi connectivity index (χ1v) is 9.05. The number of anilines is 2. The third-order valence-corrected chi connectivity index (χ3v) is 4.31. The molecule has 1 saturated carbocycles. The van der Waals surface area contributed by atoms with Gasteiger partial charge in [0, 0.05) is 23.3 Å². The zero-order valence-corrected chi connectivity index (χ0v) is 15.2. The second-order valence-electron chi connectivity index (χ2n) is 6.99. The van der Waals surface area contributed by atoms with Crippen LogP contribution in [0.5, 0.6) is 0 Å². The van der Waals surface area contributed by atoms with E-state index in [1.165, 1.54) is 0 Å². The van der Waals surface area contributed by atoms with Crippen LogP contribution in [0.25, 0.3) is 0 Å². The van der Waals surface area contributed by atoms with Gasteiger partial charge in [-0.1, -0.05) is 44.2 Å². The number of carbonyl (C=O) groups is 2. The Bertz CT molecular complexity index is 753. The number of rotatable bonds is 7. The summed E-state index contributed by atoms with van der Waals surface area (Å²) in [6.45, 7) is 3.71. The summed E-state index contributed by atoms with van der Waals surface area (Å²) in [6, 6.07) is 17.0. The van der Waals surface area contributed by atoms with Crippen molar-refractivity contribution in [3.63, 3.8) is 0 Å². The van der Waals surface area contributed by atoms with E-state index in [4.69, 9.17) is 0 Å². The Morgan fingerprint density at radius 2 is 1.50 bits per heavy atom. The highest BCUT2D eigenvalue weighted by Crippen LogP contribution is 2.24. The lowest BCUT2D eigenvalue weighted by molar-refractivity contribution is -0.122. The Kier molecular flexibility index (Phi) is 5.56. The van der Waals surface area contributed by atoms with Crippen molar-refractivity contribution < 1.29 is 9.59 Å². The molecular weight excluding hydrogens is 326 g/mol. The molecule has 2 amide bonds. The molecule has 0 bridgehead atoms. The summed E-state index contributed by atoms with van der Waals surface area (Å²) in [5.41, 5.74) is 2.49. The molecule has 5 heteroatoms. The molecule has 1 unspecified atom stereocenters. The molecule has 3 N–H and O–H groups in total. The van der Waals surface area contributed by atoms with Crippen LogP contribution in [0, 0.1) is 5.92 Å². The minimum Gasteiger partial charge on any atom is -0.370 e. The van der Waals surface area contributed by atoms with E-state index in [2.05, 4.69) is 16.0 Å². The minimum absolute atomic E-state index is 0.0170. The average Bonchev–Trinajstić information content (AvgIpc) is 3.45. The molecule has 2 aromatic carbocycles. The molecule has 0 saturated heterocycles. The number of benzene rings is 2. The molecule has 1 aliphatic rings. The van der Waals surface area contributed by atoms with Gasteiger partial charge in [-0.05, 0) is 42.7 Å². The van der Waals surface area contributed by atoms with Crippen molar-refractivity contribution in [3.8, 4) is 0 Å². The van der Waals surface area contributed by atoms with E-state index >= 15 is 0 Å². The maximum absolute atomic E-state index is 12.7. The Labute approximate surface area is 154 Å². The minimum atomic E-state index is -0.451. The summed E-state index contributed by atoms with van der Waals surface area (Å²) >= 11 is 0. The van der Waals surface area contributed by atoms with Crippen molar-refractivity contribution in [2.24, 2.45) is 5.92 Å². The number of carbonyl (C=O) groups excluding carboxylic acids is 2. The Morgan fingerprint density at radius 1 is 0.885 bits per heavy atom. The van der Waals surface area contributed by atoms with E-state index < -0.39 is 6.04 Å². The fourth-order valence-electron chi connectivity index (χ4n) is 2.56. The lowest BCUT2D eigenvalue weighted by atomic mass is 10.1. The molecule has 136 valence electrons. The van der Waals surface area contributed by atoms with Gasteiger partial charge in [0.05, 0.1) is 0 Å². The van der Waals surface area contributed by atoms with E-state index in [-0.39, 0.29) is 17.7 Å². The standard InChI is InChI=1S/C21H25N3O2/c1-14(2)20(25)23-17-10-8-16(9-11-17)22-19(15-6-4-3-5-7-15)21(26)24-18-12-13-18/h3-11,14,18-19,22H,12-13H2,1-2H3,(H,23,25)(H,24,26). The van der Waals surface area contributed by atoms with Crippen molar-refractivity contribution in [2.75, 3.05) is 10.6 Å². The van der Waals surface area contributed by atoms with Crippen LogP contribution in [0.1, 0.15) is 38.3 Å². The highest BCUT2D eigenvalue weighted by molar-refractivity contribution is 5.92. The molecule has 2 aromatic rings. The summed E-state index contributed by atoms with van der Waals surface area (Å²) in [6.07, 6.45) is 2.11. The van der Waals surface area contributed by atoms with Crippen LogP contribution in [0.15, 0.2) is 54.6 Å². The van der Waals surface area contributed by atoms with Gasteiger partial charge in [-0.25, -0.2) is 0 Å². The molecule has 0 spiro atoms. The average molecular weight is 351 g/mol. The zero-order valence-electron chi connectivity index (χ0n) is 15.2. The predicted octanol–water partition coefficient (Wildman–Crippen LogP) is 3.71. The fraction of sp³-hybridized carbons (Fsp3) is 0.333. The third kappa shape index (κ3) is 4.85. The fourth-order valence-corrected chi connectivity index (χ4v) is 2.56. The molecular formula is C21H25N3O2. The maximum Gasteiger partial charge on any atom is 0.247 e. The Balaban J connectivity index is 1.71. The van der Waals surface area contributed by atoms with Crippen LogP contribution in [0.4, 0.5) is 11.4 Å². The van der Waals surface area contributed by atoms with Gasteiger partial charge in [0.25, 0.3) is 0 Å². The van der Waals surface area contributed by atoms with E-state index in [0.717, 1.165) is 29.8 Å². The summed E-state index contributed by atoms with van der Waals surface area (Å²) in [4.78, 5) is 24.4. The summed E-state index contributed by atoms with van der Waals surface area (Å²) in [5.74, 6) is -0.103. The van der Waals surface area contributed by atoms with Crippen molar-refractivity contribution in [3.05, 3.63) is 60.2 Å². The van der Waals surface area contributed by atoms with Crippen molar-refractivity contribution in [1.82, 2.24) is 5.32 Å². The van der Waals surface area contributed by atoms with Crippen molar-refractivity contribution in [1.29, 1.82) is 0 Å². The van der Waals surface area contributed by atoms with E-state index in [1.807, 2.05) is 68.4 Å². The van der Waals surface area contributed by atoms with E-state index in [1.54, 1.807) is 0 Å². The zero-order chi connectivity index (χ0) is 18.5.